The summed E-state index contributed by atoms with van der Waals surface area (Å²) in [5, 5.41) is 10.4. The number of amides is 1. The summed E-state index contributed by atoms with van der Waals surface area (Å²) in [6, 6.07) is 0. The van der Waals surface area contributed by atoms with Crippen LogP contribution in [0.3, 0.4) is 0 Å². The molecule has 0 spiro atoms. The number of carbonyl (C=O) groups is 1. The van der Waals surface area contributed by atoms with Gasteiger partial charge in [0.25, 0.3) is 0 Å². The molecule has 0 aliphatic heterocycles. The van der Waals surface area contributed by atoms with E-state index in [1.165, 1.54) is 31.2 Å². The van der Waals surface area contributed by atoms with Crippen LogP contribution in [0.25, 0.3) is 0 Å². The van der Waals surface area contributed by atoms with Gasteiger partial charge >= 0.3 is 0 Å². The van der Waals surface area contributed by atoms with Gasteiger partial charge in [0.1, 0.15) is 6.09 Å². The van der Waals surface area contributed by atoms with Crippen molar-refractivity contribution in [3.8, 4) is 0 Å². The maximum Gasteiger partial charge on any atom is 0.144 e. The molecule has 1 fully saturated rings. The first-order valence-corrected chi connectivity index (χ1v) is 6.58. The Hall–Kier alpha value is -0.380. The molecule has 88 valence electrons. The van der Waals surface area contributed by atoms with Crippen molar-refractivity contribution in [1.29, 1.82) is 0 Å². The van der Waals surface area contributed by atoms with Crippen LogP contribution in [0.1, 0.15) is 52.4 Å². The third-order valence-electron chi connectivity index (χ3n) is 3.48. The first-order valence-electron chi connectivity index (χ1n) is 5.77. The zero-order valence-corrected chi connectivity index (χ0v) is 10.4. The fraction of sp³-hybridized carbons (Fsp3) is 0.909. The zero-order chi connectivity index (χ0) is 11.3. The minimum Gasteiger partial charge on any atom is -0.529 e. The van der Waals surface area contributed by atoms with Crippen LogP contribution < -0.4 is 9.83 Å². The van der Waals surface area contributed by atoms with Crippen molar-refractivity contribution in [3.63, 3.8) is 0 Å². The standard InChI is InChI=1S/C11H21NO2S/c1-3-9-6-5-7-11(4-2,8-9)15-12-10(13)14/h9,12H,3-8H2,1-2H3,(H,13,14)/p-1. The summed E-state index contributed by atoms with van der Waals surface area (Å²) in [5.74, 6) is 0.759. The van der Waals surface area contributed by atoms with Gasteiger partial charge in [0.2, 0.25) is 0 Å². The third-order valence-corrected chi connectivity index (χ3v) is 4.84. The van der Waals surface area contributed by atoms with E-state index in [0.717, 1.165) is 25.2 Å². The average molecular weight is 230 g/mol. The number of nitrogens with one attached hydrogen (secondary N) is 1. The highest BCUT2D eigenvalue weighted by Gasteiger charge is 2.35. The molecule has 0 saturated heterocycles. The van der Waals surface area contributed by atoms with Crippen molar-refractivity contribution >= 4 is 18.0 Å². The van der Waals surface area contributed by atoms with Gasteiger partial charge in [-0.3, -0.25) is 0 Å². The van der Waals surface area contributed by atoms with E-state index < -0.39 is 6.09 Å². The SMILES string of the molecule is CCC1CCCC(CC)(SNC(=O)[O-])C1. The summed E-state index contributed by atoms with van der Waals surface area (Å²) in [4.78, 5) is 10.4. The lowest BCUT2D eigenvalue weighted by Gasteiger charge is -2.39. The Bertz CT molecular complexity index is 223. The summed E-state index contributed by atoms with van der Waals surface area (Å²) in [6.45, 7) is 4.36. The van der Waals surface area contributed by atoms with Gasteiger partial charge in [-0.1, -0.05) is 33.1 Å². The lowest BCUT2D eigenvalue weighted by Crippen LogP contribution is -2.39. The van der Waals surface area contributed by atoms with E-state index in [1.54, 1.807) is 0 Å². The van der Waals surface area contributed by atoms with E-state index in [2.05, 4.69) is 18.6 Å². The van der Waals surface area contributed by atoms with Crippen LogP contribution in [0.4, 0.5) is 4.79 Å². The molecule has 1 amide bonds. The van der Waals surface area contributed by atoms with E-state index in [0.29, 0.717) is 0 Å². The highest BCUT2D eigenvalue weighted by atomic mass is 32.2. The molecule has 2 unspecified atom stereocenters. The smallest absolute Gasteiger partial charge is 0.144 e. The first kappa shape index (κ1) is 12.7. The summed E-state index contributed by atoms with van der Waals surface area (Å²) >= 11 is 1.36. The van der Waals surface area contributed by atoms with Crippen molar-refractivity contribution in [2.24, 2.45) is 5.92 Å². The van der Waals surface area contributed by atoms with Gasteiger partial charge < -0.3 is 14.6 Å². The van der Waals surface area contributed by atoms with E-state index in [1.807, 2.05) is 0 Å². The molecule has 1 rings (SSSR count). The van der Waals surface area contributed by atoms with Crippen LogP contribution in [0.5, 0.6) is 0 Å². The van der Waals surface area contributed by atoms with E-state index in [4.69, 9.17) is 0 Å². The summed E-state index contributed by atoms with van der Waals surface area (Å²) in [5.41, 5.74) is 0. The second kappa shape index (κ2) is 5.64. The van der Waals surface area contributed by atoms with Crippen LogP contribution in [0.15, 0.2) is 0 Å². The Morgan fingerprint density at radius 1 is 1.60 bits per heavy atom. The van der Waals surface area contributed by atoms with Gasteiger partial charge in [0.15, 0.2) is 0 Å². The van der Waals surface area contributed by atoms with Crippen LogP contribution in [-0.4, -0.2) is 10.8 Å². The van der Waals surface area contributed by atoms with Gasteiger partial charge in [-0.05, 0) is 37.1 Å². The number of hydrogen-bond donors (Lipinski definition) is 1. The number of hydrogen-bond acceptors (Lipinski definition) is 3. The molecule has 1 saturated carbocycles. The quantitative estimate of drug-likeness (QED) is 0.754. The summed E-state index contributed by atoms with van der Waals surface area (Å²) < 4.78 is 2.48. The Morgan fingerprint density at radius 3 is 2.87 bits per heavy atom. The second-order valence-corrected chi connectivity index (χ2v) is 5.67. The second-order valence-electron chi connectivity index (χ2n) is 4.40. The Kier molecular flexibility index (Phi) is 4.77. The van der Waals surface area contributed by atoms with Gasteiger partial charge in [0, 0.05) is 4.75 Å². The summed E-state index contributed by atoms with van der Waals surface area (Å²) in [6.07, 6.45) is 5.81. The molecular weight excluding hydrogens is 210 g/mol. The maximum absolute atomic E-state index is 10.4. The third kappa shape index (κ3) is 3.59. The summed E-state index contributed by atoms with van der Waals surface area (Å²) in [7, 11) is 0. The molecule has 3 nitrogen and oxygen atoms in total. The molecule has 0 radical (unpaired) electrons. The number of rotatable bonds is 4. The Labute approximate surface area is 96.1 Å². The van der Waals surface area contributed by atoms with E-state index in [-0.39, 0.29) is 4.75 Å². The molecule has 0 aromatic heterocycles. The average Bonchev–Trinajstić information content (AvgIpc) is 2.26. The predicted octanol–water partition coefficient (Wildman–Crippen LogP) is 2.32. The highest BCUT2D eigenvalue weighted by molar-refractivity contribution is 7.99. The van der Waals surface area contributed by atoms with Crippen LogP contribution >= 0.6 is 11.9 Å². The molecule has 1 N–H and O–H groups in total. The predicted molar refractivity (Wildman–Crippen MR) is 61.4 cm³/mol. The molecule has 2 atom stereocenters. The fourth-order valence-electron chi connectivity index (χ4n) is 2.43. The minimum atomic E-state index is -1.17. The maximum atomic E-state index is 10.4. The molecule has 1 aliphatic carbocycles. The number of carbonyl (C=O) groups excluding carboxylic acids is 1. The van der Waals surface area contributed by atoms with Gasteiger partial charge in [0.05, 0.1) is 0 Å². The van der Waals surface area contributed by atoms with E-state index >= 15 is 0 Å². The van der Waals surface area contributed by atoms with Crippen molar-refractivity contribution < 1.29 is 9.90 Å². The van der Waals surface area contributed by atoms with Crippen molar-refractivity contribution in [1.82, 2.24) is 4.72 Å². The molecule has 1 aliphatic rings. The Balaban J connectivity index is 2.54. The monoisotopic (exact) mass is 230 g/mol. The van der Waals surface area contributed by atoms with Crippen molar-refractivity contribution in [2.45, 2.75) is 57.1 Å². The minimum absolute atomic E-state index is 0.110. The van der Waals surface area contributed by atoms with Crippen LogP contribution in [-0.2, 0) is 0 Å². The van der Waals surface area contributed by atoms with Gasteiger partial charge in [-0.2, -0.15) is 0 Å². The molecule has 4 heteroatoms. The first-order chi connectivity index (χ1) is 7.12. The largest absolute Gasteiger partial charge is 0.529 e. The van der Waals surface area contributed by atoms with Crippen molar-refractivity contribution in [2.75, 3.05) is 0 Å². The molecule has 0 aromatic rings. The normalized spacial score (nSPS) is 31.2. The molecule has 0 heterocycles. The van der Waals surface area contributed by atoms with Crippen LogP contribution in [0, 0.1) is 5.92 Å². The van der Waals surface area contributed by atoms with Crippen LogP contribution in [0.2, 0.25) is 0 Å². The zero-order valence-electron chi connectivity index (χ0n) is 9.54. The van der Waals surface area contributed by atoms with E-state index in [9.17, 15) is 9.90 Å². The Morgan fingerprint density at radius 2 is 2.33 bits per heavy atom. The van der Waals surface area contributed by atoms with Gasteiger partial charge in [-0.25, -0.2) is 0 Å². The molecule has 0 aromatic carbocycles. The molecule has 0 bridgehead atoms. The van der Waals surface area contributed by atoms with Crippen molar-refractivity contribution in [3.05, 3.63) is 0 Å². The fourth-order valence-corrected chi connectivity index (χ4v) is 3.44. The highest BCUT2D eigenvalue weighted by Crippen LogP contribution is 2.44. The number of carboxylic acid groups (broad SMARTS) is 1. The molecule has 15 heavy (non-hydrogen) atoms. The lowest BCUT2D eigenvalue weighted by atomic mass is 9.78. The van der Waals surface area contributed by atoms with Gasteiger partial charge in [-0.15, -0.1) is 0 Å². The topological polar surface area (TPSA) is 52.2 Å². The molecular formula is C11H20NO2S-. The lowest BCUT2D eigenvalue weighted by molar-refractivity contribution is -0.247.